The lowest BCUT2D eigenvalue weighted by atomic mass is 10.4. The molecule has 12 aromatic carbocycles. The highest BCUT2D eigenvalue weighted by atomic mass is 28.5. The van der Waals surface area contributed by atoms with Gasteiger partial charge >= 0.3 is 51.4 Å². The maximum atomic E-state index is 7.77. The molecule has 0 unspecified atom stereocenters. The summed E-state index contributed by atoms with van der Waals surface area (Å²) in [5, 5.41) is 12.7. The van der Waals surface area contributed by atoms with E-state index in [-0.39, 0.29) is 0 Å². The summed E-state index contributed by atoms with van der Waals surface area (Å²) in [6.07, 6.45) is 0. The summed E-state index contributed by atoms with van der Waals surface area (Å²) in [7, 11) is -20.6. The summed E-state index contributed by atoms with van der Waals surface area (Å²) in [5.74, 6) is 0. The second kappa shape index (κ2) is 24.1. The first-order chi connectivity index (χ1) is 41.5. The van der Waals surface area contributed by atoms with Crippen molar-refractivity contribution in [3.05, 3.63) is 364 Å². The number of hydrogen-bond donors (Lipinski definition) is 0. The number of hydrogen-bond acceptors (Lipinski definition) is 6. The molecule has 2 fully saturated rings. The highest BCUT2D eigenvalue weighted by molar-refractivity contribution is 7.17. The van der Waals surface area contributed by atoms with Gasteiger partial charge in [-0.1, -0.05) is 364 Å². The van der Waals surface area contributed by atoms with Crippen LogP contribution in [0.3, 0.4) is 0 Å². The lowest BCUT2D eigenvalue weighted by Gasteiger charge is -2.53. The van der Waals surface area contributed by atoms with Crippen LogP contribution in [0.5, 0.6) is 0 Å². The highest BCUT2D eigenvalue weighted by Gasteiger charge is 2.69. The molecule has 0 radical (unpaired) electrons. The Labute approximate surface area is 499 Å². The van der Waals surface area contributed by atoms with Crippen LogP contribution in [0.25, 0.3) is 0 Å². The fourth-order valence-electron chi connectivity index (χ4n) is 11.6. The van der Waals surface area contributed by atoms with Gasteiger partial charge in [0.2, 0.25) is 0 Å². The molecule has 0 aromatic heterocycles. The van der Waals surface area contributed by atoms with E-state index in [2.05, 4.69) is 291 Å². The molecule has 0 saturated carbocycles. The Hall–Kier alpha value is -8.30. The van der Waals surface area contributed by atoms with Crippen LogP contribution >= 0.6 is 0 Å². The van der Waals surface area contributed by atoms with Crippen molar-refractivity contribution in [2.45, 2.75) is 0 Å². The van der Waals surface area contributed by atoms with Gasteiger partial charge in [0.15, 0.2) is 0 Å². The lowest BCUT2D eigenvalue weighted by molar-refractivity contribution is 0.266. The minimum atomic E-state index is -3.44. The molecule has 0 bridgehead atoms. The number of benzene rings is 12. The molecule has 2 aliphatic rings. The van der Waals surface area contributed by atoms with Crippen LogP contribution in [-0.4, -0.2) is 51.4 Å². The van der Waals surface area contributed by atoms with E-state index in [1.165, 1.54) is 0 Å². The van der Waals surface area contributed by atoms with Gasteiger partial charge in [0, 0.05) is 0 Å². The van der Waals surface area contributed by atoms with E-state index < -0.39 is 51.4 Å². The largest absolute Gasteiger partial charge is 0.402 e. The fraction of sp³-hybridized carbons (Fsp3) is 0. The van der Waals surface area contributed by atoms with Gasteiger partial charge in [-0.05, 0) is 62.2 Å². The molecule has 2 saturated heterocycles. The SMILES string of the molecule is c1ccc([Si]2(c3ccccc3)O[Si](c3ccccc3)(c3ccccc3)O[Si](c3ccccc3)(c3ccccc3)O2)cc1.c1ccc([Si]2(c3ccccc3)O[Si](c3ccccc3)(c3ccccc3)O[Si](c3ccccc3)(c3ccccc3)O2)cc1. The topological polar surface area (TPSA) is 55.4 Å². The lowest BCUT2D eigenvalue weighted by Crippen LogP contribution is -2.88. The van der Waals surface area contributed by atoms with Crippen LogP contribution < -0.4 is 62.2 Å². The predicted molar refractivity (Wildman–Crippen MR) is 354 cm³/mol. The van der Waals surface area contributed by atoms with Crippen molar-refractivity contribution in [1.29, 1.82) is 0 Å². The molecule has 12 aromatic rings. The van der Waals surface area contributed by atoms with Gasteiger partial charge in [0.1, 0.15) is 0 Å². The minimum Gasteiger partial charge on any atom is -0.402 e. The van der Waals surface area contributed by atoms with E-state index in [0.717, 1.165) is 62.2 Å². The Morgan fingerprint density at radius 3 is 0.250 bits per heavy atom. The standard InChI is InChI=1S/2C36H30O3Si3/c2*1-7-19-31(20-8-1)40(32-21-9-2-10-22-32)37-41(33-23-11-3-12-24-33,34-25-13-4-14-26-34)39-42(38-40,35-27-15-5-16-28-35)36-29-17-6-18-30-36/h2*1-30H. The first kappa shape index (κ1) is 54.9. The summed E-state index contributed by atoms with van der Waals surface area (Å²) in [4.78, 5) is 0. The minimum absolute atomic E-state index is 1.06. The van der Waals surface area contributed by atoms with Gasteiger partial charge in [-0.2, -0.15) is 0 Å². The monoisotopic (exact) mass is 1190 g/mol. The molecule has 12 heteroatoms. The summed E-state index contributed by atoms with van der Waals surface area (Å²) in [6, 6.07) is 126. The van der Waals surface area contributed by atoms with Crippen molar-refractivity contribution in [3.8, 4) is 0 Å². The average molecular weight is 1190 g/mol. The van der Waals surface area contributed by atoms with Crippen molar-refractivity contribution < 1.29 is 24.7 Å². The average Bonchev–Trinajstić information content (AvgIpc) is 1.40. The zero-order valence-corrected chi connectivity index (χ0v) is 52.1. The van der Waals surface area contributed by atoms with Crippen molar-refractivity contribution >= 4 is 114 Å². The fourth-order valence-corrected chi connectivity index (χ4v) is 45.5. The Morgan fingerprint density at radius 2 is 0.179 bits per heavy atom. The first-order valence-electron chi connectivity index (χ1n) is 28.4. The van der Waals surface area contributed by atoms with Gasteiger partial charge in [-0.25, -0.2) is 0 Å². The zero-order valence-electron chi connectivity index (χ0n) is 46.1. The zero-order chi connectivity index (χ0) is 56.6. The van der Waals surface area contributed by atoms with Crippen LogP contribution in [-0.2, 0) is 24.7 Å². The Kier molecular flexibility index (Phi) is 15.8. The molecular weight excluding hydrogens is 1130 g/mol. The third kappa shape index (κ3) is 10.2. The second-order valence-electron chi connectivity index (χ2n) is 20.7. The maximum absolute atomic E-state index is 7.77. The van der Waals surface area contributed by atoms with Gasteiger partial charge in [-0.3, -0.25) is 0 Å². The molecule has 2 heterocycles. The molecular formula is C72H60O6Si6. The molecule has 84 heavy (non-hydrogen) atoms. The Bertz CT molecular complexity index is 3060. The van der Waals surface area contributed by atoms with Crippen LogP contribution in [0, 0.1) is 0 Å². The van der Waals surface area contributed by atoms with E-state index in [9.17, 15) is 0 Å². The van der Waals surface area contributed by atoms with E-state index in [0.29, 0.717) is 0 Å². The van der Waals surface area contributed by atoms with Gasteiger partial charge in [0.05, 0.1) is 0 Å². The van der Waals surface area contributed by atoms with E-state index >= 15 is 0 Å². The molecule has 14 rings (SSSR count). The summed E-state index contributed by atoms with van der Waals surface area (Å²) in [6.45, 7) is 0. The van der Waals surface area contributed by atoms with Crippen molar-refractivity contribution in [1.82, 2.24) is 0 Å². The third-order valence-corrected chi connectivity index (χ3v) is 42.5. The first-order valence-corrected chi connectivity index (χ1v) is 39.3. The molecule has 0 atom stereocenters. The molecule has 408 valence electrons. The normalized spacial score (nSPS) is 16.9. The summed E-state index contributed by atoms with van der Waals surface area (Å²) >= 11 is 0. The van der Waals surface area contributed by atoms with E-state index in [4.69, 9.17) is 24.7 Å². The quantitative estimate of drug-likeness (QED) is 0.117. The van der Waals surface area contributed by atoms with Crippen LogP contribution in [0.15, 0.2) is 364 Å². The van der Waals surface area contributed by atoms with E-state index in [1.54, 1.807) is 0 Å². The van der Waals surface area contributed by atoms with Crippen molar-refractivity contribution in [2.24, 2.45) is 0 Å². The Balaban J connectivity index is 0.000000157. The molecule has 0 aliphatic carbocycles. The van der Waals surface area contributed by atoms with Gasteiger partial charge < -0.3 is 24.7 Å². The van der Waals surface area contributed by atoms with Crippen LogP contribution in [0.4, 0.5) is 0 Å². The third-order valence-electron chi connectivity index (χ3n) is 15.6. The van der Waals surface area contributed by atoms with E-state index in [1.807, 2.05) is 72.8 Å². The molecule has 0 spiro atoms. The molecule has 2 aliphatic heterocycles. The smallest absolute Gasteiger partial charge is 0.390 e. The summed E-state index contributed by atoms with van der Waals surface area (Å²) in [5.41, 5.74) is 0. The second-order valence-corrected chi connectivity index (χ2v) is 39.9. The van der Waals surface area contributed by atoms with Crippen molar-refractivity contribution in [3.63, 3.8) is 0 Å². The van der Waals surface area contributed by atoms with Crippen molar-refractivity contribution in [2.75, 3.05) is 0 Å². The maximum Gasteiger partial charge on any atom is 0.390 e. The number of rotatable bonds is 12. The highest BCUT2D eigenvalue weighted by Crippen LogP contribution is 2.34. The molecule has 0 amide bonds. The Morgan fingerprint density at radius 1 is 0.107 bits per heavy atom. The van der Waals surface area contributed by atoms with Crippen LogP contribution in [0.2, 0.25) is 0 Å². The molecule has 6 nitrogen and oxygen atoms in total. The van der Waals surface area contributed by atoms with Crippen LogP contribution in [0.1, 0.15) is 0 Å². The molecule has 0 N–H and O–H groups in total. The van der Waals surface area contributed by atoms with Gasteiger partial charge in [-0.15, -0.1) is 0 Å². The summed E-state index contributed by atoms with van der Waals surface area (Å²) < 4.78 is 46.6. The predicted octanol–water partition coefficient (Wildman–Crippen LogP) is 7.64. The van der Waals surface area contributed by atoms with Gasteiger partial charge in [0.25, 0.3) is 0 Å².